The van der Waals surface area contributed by atoms with Gasteiger partial charge in [0.05, 0.1) is 18.4 Å². The number of nitrogens with one attached hydrogen (secondary N) is 2. The van der Waals surface area contributed by atoms with Crippen LogP contribution in [0.2, 0.25) is 0 Å². The van der Waals surface area contributed by atoms with E-state index in [1.54, 1.807) is 0 Å². The van der Waals surface area contributed by atoms with E-state index in [1.165, 1.54) is 25.3 Å². The fourth-order valence-electron chi connectivity index (χ4n) is 2.40. The number of hydrogen-bond acceptors (Lipinski definition) is 3. The van der Waals surface area contributed by atoms with Crippen molar-refractivity contribution < 1.29 is 19.0 Å². The van der Waals surface area contributed by atoms with Crippen LogP contribution in [0.25, 0.3) is 0 Å². The summed E-state index contributed by atoms with van der Waals surface area (Å²) in [7, 11) is 1.44. The Balaban J connectivity index is 1.92. The minimum absolute atomic E-state index is 0.191. The average Bonchev–Trinajstić information content (AvgIpc) is 2.84. The third-order valence-corrected chi connectivity index (χ3v) is 3.52. The fraction of sp³-hybridized carbons (Fsp3) is 0.500. The monoisotopic (exact) mass is 282 g/mol. The van der Waals surface area contributed by atoms with Crippen LogP contribution in [0, 0.1) is 5.82 Å². The molecule has 1 aromatic rings. The number of carbonyl (C=O) groups is 1. The van der Waals surface area contributed by atoms with Gasteiger partial charge in [-0.25, -0.2) is 9.18 Å². The molecule has 2 rings (SSSR count). The highest BCUT2D eigenvalue weighted by Gasteiger charge is 2.31. The zero-order valence-electron chi connectivity index (χ0n) is 11.4. The van der Waals surface area contributed by atoms with Crippen LogP contribution in [0.4, 0.5) is 14.9 Å². The molecule has 0 atom stereocenters. The van der Waals surface area contributed by atoms with Crippen LogP contribution in [0.5, 0.6) is 5.75 Å². The first-order valence-electron chi connectivity index (χ1n) is 6.63. The normalized spacial score (nSPS) is 16.8. The molecule has 1 aromatic carbocycles. The number of carbonyl (C=O) groups excluding carboxylic acids is 1. The molecule has 5 nitrogen and oxygen atoms in total. The van der Waals surface area contributed by atoms with E-state index in [0.29, 0.717) is 18.6 Å². The van der Waals surface area contributed by atoms with Crippen molar-refractivity contribution in [3.05, 3.63) is 24.0 Å². The lowest BCUT2D eigenvalue weighted by Crippen LogP contribution is -2.42. The standard InChI is InChI=1S/C14H19FN2O3/c1-20-12-5-4-10(15)8-11(12)17-13(18)16-9-14(19)6-2-3-7-14/h4-5,8,19H,2-3,6-7,9H2,1H3,(H2,16,17,18). The Labute approximate surface area is 117 Å². The molecule has 20 heavy (non-hydrogen) atoms. The molecule has 0 aliphatic heterocycles. The van der Waals surface area contributed by atoms with Gasteiger partial charge in [0.25, 0.3) is 0 Å². The molecule has 110 valence electrons. The smallest absolute Gasteiger partial charge is 0.319 e. The first-order chi connectivity index (χ1) is 9.52. The quantitative estimate of drug-likeness (QED) is 0.793. The predicted molar refractivity (Wildman–Crippen MR) is 73.4 cm³/mol. The van der Waals surface area contributed by atoms with Crippen molar-refractivity contribution in [3.8, 4) is 5.75 Å². The van der Waals surface area contributed by atoms with Gasteiger partial charge in [-0.3, -0.25) is 0 Å². The van der Waals surface area contributed by atoms with Crippen LogP contribution in [0.1, 0.15) is 25.7 Å². The number of aliphatic hydroxyl groups is 1. The van der Waals surface area contributed by atoms with Crippen molar-refractivity contribution in [1.82, 2.24) is 5.32 Å². The molecule has 1 saturated carbocycles. The van der Waals surface area contributed by atoms with Crippen molar-refractivity contribution >= 4 is 11.7 Å². The maximum atomic E-state index is 13.2. The summed E-state index contributed by atoms with van der Waals surface area (Å²) in [6, 6.07) is 3.38. The highest BCUT2D eigenvalue weighted by atomic mass is 19.1. The summed E-state index contributed by atoms with van der Waals surface area (Å²) >= 11 is 0. The molecule has 0 saturated heterocycles. The highest BCUT2D eigenvalue weighted by molar-refractivity contribution is 5.90. The lowest BCUT2D eigenvalue weighted by molar-refractivity contribution is 0.0506. The zero-order chi connectivity index (χ0) is 14.6. The fourth-order valence-corrected chi connectivity index (χ4v) is 2.40. The molecular formula is C14H19FN2O3. The second-order valence-corrected chi connectivity index (χ2v) is 5.08. The Morgan fingerprint density at radius 1 is 1.45 bits per heavy atom. The van der Waals surface area contributed by atoms with Gasteiger partial charge in [-0.15, -0.1) is 0 Å². The molecule has 0 aromatic heterocycles. The van der Waals surface area contributed by atoms with Crippen molar-refractivity contribution in [3.63, 3.8) is 0 Å². The number of rotatable bonds is 4. The maximum absolute atomic E-state index is 13.2. The number of methoxy groups -OCH3 is 1. The lowest BCUT2D eigenvalue weighted by Gasteiger charge is -2.22. The number of anilines is 1. The molecule has 1 fully saturated rings. The number of halogens is 1. The van der Waals surface area contributed by atoms with Gasteiger partial charge >= 0.3 is 6.03 Å². The summed E-state index contributed by atoms with van der Waals surface area (Å²) < 4.78 is 18.2. The number of benzene rings is 1. The molecule has 0 radical (unpaired) electrons. The molecule has 1 aliphatic carbocycles. The van der Waals surface area contributed by atoms with Crippen LogP contribution in [0.3, 0.4) is 0 Å². The Kier molecular flexibility index (Phi) is 4.44. The number of ether oxygens (including phenoxy) is 1. The number of urea groups is 1. The van der Waals surface area contributed by atoms with Crippen LogP contribution in [-0.4, -0.2) is 30.4 Å². The summed E-state index contributed by atoms with van der Waals surface area (Å²) in [6.07, 6.45) is 3.32. The maximum Gasteiger partial charge on any atom is 0.319 e. The Morgan fingerprint density at radius 2 is 2.15 bits per heavy atom. The van der Waals surface area contributed by atoms with E-state index in [4.69, 9.17) is 4.74 Å². The molecular weight excluding hydrogens is 263 g/mol. The largest absolute Gasteiger partial charge is 0.495 e. The van der Waals surface area contributed by atoms with Crippen LogP contribution in [-0.2, 0) is 0 Å². The molecule has 0 heterocycles. The third kappa shape index (κ3) is 3.60. The minimum atomic E-state index is -0.816. The van der Waals surface area contributed by atoms with E-state index < -0.39 is 17.4 Å². The van der Waals surface area contributed by atoms with Gasteiger partial charge in [-0.05, 0) is 25.0 Å². The Bertz CT molecular complexity index is 487. The van der Waals surface area contributed by atoms with Crippen molar-refractivity contribution in [2.45, 2.75) is 31.3 Å². The topological polar surface area (TPSA) is 70.6 Å². The Morgan fingerprint density at radius 3 is 2.80 bits per heavy atom. The zero-order valence-corrected chi connectivity index (χ0v) is 11.4. The summed E-state index contributed by atoms with van der Waals surface area (Å²) in [5, 5.41) is 15.2. The second kappa shape index (κ2) is 6.09. The van der Waals surface area contributed by atoms with E-state index in [-0.39, 0.29) is 12.2 Å². The molecule has 2 amide bonds. The van der Waals surface area contributed by atoms with E-state index in [2.05, 4.69) is 10.6 Å². The van der Waals surface area contributed by atoms with E-state index in [9.17, 15) is 14.3 Å². The highest BCUT2D eigenvalue weighted by Crippen LogP contribution is 2.29. The SMILES string of the molecule is COc1ccc(F)cc1NC(=O)NCC1(O)CCCC1. The van der Waals surface area contributed by atoms with Gasteiger partial charge < -0.3 is 20.5 Å². The summed E-state index contributed by atoms with van der Waals surface area (Å²) in [5.74, 6) is -0.0864. The van der Waals surface area contributed by atoms with Crippen LogP contribution < -0.4 is 15.4 Å². The third-order valence-electron chi connectivity index (χ3n) is 3.52. The van der Waals surface area contributed by atoms with Gasteiger partial charge in [0.15, 0.2) is 0 Å². The van der Waals surface area contributed by atoms with E-state index >= 15 is 0 Å². The average molecular weight is 282 g/mol. The lowest BCUT2D eigenvalue weighted by atomic mass is 10.0. The number of hydrogen-bond donors (Lipinski definition) is 3. The first kappa shape index (κ1) is 14.6. The Hall–Kier alpha value is -1.82. The summed E-state index contributed by atoms with van der Waals surface area (Å²) in [6.45, 7) is 0.191. The van der Waals surface area contributed by atoms with Crippen LogP contribution >= 0.6 is 0 Å². The van der Waals surface area contributed by atoms with Gasteiger partial charge in [0, 0.05) is 12.6 Å². The van der Waals surface area contributed by atoms with Crippen LogP contribution in [0.15, 0.2) is 18.2 Å². The second-order valence-electron chi connectivity index (χ2n) is 5.08. The van der Waals surface area contributed by atoms with E-state index in [0.717, 1.165) is 12.8 Å². The van der Waals surface area contributed by atoms with E-state index in [1.807, 2.05) is 0 Å². The molecule has 0 bridgehead atoms. The summed E-state index contributed by atoms with van der Waals surface area (Å²) in [4.78, 5) is 11.8. The molecule has 0 spiro atoms. The van der Waals surface area contributed by atoms with Gasteiger partial charge in [-0.1, -0.05) is 12.8 Å². The summed E-state index contributed by atoms with van der Waals surface area (Å²) in [5.41, 5.74) is -0.563. The van der Waals surface area contributed by atoms with Gasteiger partial charge in [-0.2, -0.15) is 0 Å². The van der Waals surface area contributed by atoms with Crippen molar-refractivity contribution in [1.29, 1.82) is 0 Å². The number of amides is 2. The molecule has 3 N–H and O–H groups in total. The first-order valence-corrected chi connectivity index (χ1v) is 6.63. The van der Waals surface area contributed by atoms with Crippen molar-refractivity contribution in [2.24, 2.45) is 0 Å². The predicted octanol–water partition coefficient (Wildman–Crippen LogP) is 2.26. The molecule has 1 aliphatic rings. The minimum Gasteiger partial charge on any atom is -0.495 e. The molecule has 6 heteroatoms. The van der Waals surface area contributed by atoms with Crippen molar-refractivity contribution in [2.75, 3.05) is 19.0 Å². The molecule has 0 unspecified atom stereocenters. The van der Waals surface area contributed by atoms with Gasteiger partial charge in [0.2, 0.25) is 0 Å². The van der Waals surface area contributed by atoms with Gasteiger partial charge in [0.1, 0.15) is 11.6 Å².